The second kappa shape index (κ2) is 5.31. The molecule has 2 heterocycles. The van der Waals surface area contributed by atoms with Crippen molar-refractivity contribution in [1.82, 2.24) is 9.55 Å². The van der Waals surface area contributed by atoms with Crippen LogP contribution < -0.4 is 5.32 Å². The first-order valence-corrected chi connectivity index (χ1v) is 9.09. The predicted molar refractivity (Wildman–Crippen MR) is 103 cm³/mol. The SMILES string of the molecule is CC1(C)CC(=O)C2=C(C1)Nc1nc3ccccc3n1[C@@H]2c1ccccc1. The number of para-hydroxylation sites is 2. The van der Waals surface area contributed by atoms with Crippen molar-refractivity contribution in [1.29, 1.82) is 0 Å². The maximum atomic E-state index is 13.2. The molecule has 1 aliphatic heterocycles. The van der Waals surface area contributed by atoms with E-state index in [4.69, 9.17) is 4.98 Å². The van der Waals surface area contributed by atoms with Crippen LogP contribution in [0.3, 0.4) is 0 Å². The monoisotopic (exact) mass is 343 g/mol. The van der Waals surface area contributed by atoms with Crippen molar-refractivity contribution in [2.45, 2.75) is 32.7 Å². The minimum atomic E-state index is -0.126. The number of ketones is 1. The van der Waals surface area contributed by atoms with Gasteiger partial charge in [0.1, 0.15) is 0 Å². The number of hydrogen-bond acceptors (Lipinski definition) is 3. The average molecular weight is 343 g/mol. The molecular formula is C22H21N3O. The van der Waals surface area contributed by atoms with Crippen LogP contribution in [0.1, 0.15) is 38.3 Å². The number of rotatable bonds is 1. The van der Waals surface area contributed by atoms with Gasteiger partial charge in [0.2, 0.25) is 5.95 Å². The fourth-order valence-electron chi connectivity index (χ4n) is 4.37. The lowest BCUT2D eigenvalue weighted by Crippen LogP contribution is -2.36. The van der Waals surface area contributed by atoms with E-state index in [2.05, 4.69) is 41.9 Å². The van der Waals surface area contributed by atoms with E-state index in [1.165, 1.54) is 0 Å². The Morgan fingerprint density at radius 1 is 1.04 bits per heavy atom. The summed E-state index contributed by atoms with van der Waals surface area (Å²) in [6, 6.07) is 18.3. The lowest BCUT2D eigenvalue weighted by molar-refractivity contribution is -0.118. The Balaban J connectivity index is 1.80. The summed E-state index contributed by atoms with van der Waals surface area (Å²) in [6.07, 6.45) is 1.44. The summed E-state index contributed by atoms with van der Waals surface area (Å²) in [5, 5.41) is 3.48. The predicted octanol–water partition coefficient (Wildman–Crippen LogP) is 4.69. The van der Waals surface area contributed by atoms with Gasteiger partial charge in [-0.3, -0.25) is 9.36 Å². The quantitative estimate of drug-likeness (QED) is 0.697. The maximum Gasteiger partial charge on any atom is 0.209 e. The molecule has 26 heavy (non-hydrogen) atoms. The van der Waals surface area contributed by atoms with Gasteiger partial charge in [0.15, 0.2) is 5.78 Å². The Kier molecular flexibility index (Phi) is 3.14. The van der Waals surface area contributed by atoms with Crippen LogP contribution in [0.5, 0.6) is 0 Å². The van der Waals surface area contributed by atoms with Gasteiger partial charge in [-0.1, -0.05) is 56.3 Å². The van der Waals surface area contributed by atoms with E-state index in [1.807, 2.05) is 36.4 Å². The molecule has 0 fully saturated rings. The first-order valence-electron chi connectivity index (χ1n) is 9.09. The van der Waals surface area contributed by atoms with Crippen LogP contribution in [0.15, 0.2) is 65.9 Å². The van der Waals surface area contributed by atoms with Crippen LogP contribution in [-0.2, 0) is 4.79 Å². The molecule has 4 heteroatoms. The molecule has 2 aromatic carbocycles. The molecule has 0 saturated heterocycles. The summed E-state index contributed by atoms with van der Waals surface area (Å²) < 4.78 is 2.18. The van der Waals surface area contributed by atoms with E-state index in [0.717, 1.165) is 40.2 Å². The van der Waals surface area contributed by atoms with Gasteiger partial charge in [-0.25, -0.2) is 4.98 Å². The Morgan fingerprint density at radius 2 is 1.77 bits per heavy atom. The normalized spacial score (nSPS) is 21.3. The molecule has 0 spiro atoms. The number of benzene rings is 2. The van der Waals surface area contributed by atoms with E-state index in [-0.39, 0.29) is 17.2 Å². The summed E-state index contributed by atoms with van der Waals surface area (Å²) in [5.41, 5.74) is 5.02. The molecule has 0 saturated carbocycles. The van der Waals surface area contributed by atoms with Gasteiger partial charge in [0.25, 0.3) is 0 Å². The number of aromatic nitrogens is 2. The molecule has 0 amide bonds. The zero-order valence-electron chi connectivity index (χ0n) is 15.0. The smallest absolute Gasteiger partial charge is 0.209 e. The van der Waals surface area contributed by atoms with E-state index in [9.17, 15) is 4.79 Å². The highest BCUT2D eigenvalue weighted by Gasteiger charge is 2.41. The fourth-order valence-corrected chi connectivity index (χ4v) is 4.37. The first-order chi connectivity index (χ1) is 12.5. The highest BCUT2D eigenvalue weighted by atomic mass is 16.1. The van der Waals surface area contributed by atoms with Crippen molar-refractivity contribution >= 4 is 22.8 Å². The van der Waals surface area contributed by atoms with Crippen LogP contribution in [0, 0.1) is 5.41 Å². The Hall–Kier alpha value is -2.88. The van der Waals surface area contributed by atoms with Crippen LogP contribution >= 0.6 is 0 Å². The number of fused-ring (bicyclic) bond motifs is 3. The van der Waals surface area contributed by atoms with Crippen molar-refractivity contribution in [2.75, 3.05) is 5.32 Å². The number of carbonyl (C=O) groups is 1. The lowest BCUT2D eigenvalue weighted by Gasteiger charge is -2.39. The minimum Gasteiger partial charge on any atom is -0.329 e. The molecule has 130 valence electrons. The molecule has 1 atom stereocenters. The van der Waals surface area contributed by atoms with E-state index in [1.54, 1.807) is 0 Å². The number of anilines is 1. The van der Waals surface area contributed by atoms with E-state index in [0.29, 0.717) is 6.42 Å². The first kappa shape index (κ1) is 15.4. The van der Waals surface area contributed by atoms with Gasteiger partial charge in [-0.05, 0) is 29.5 Å². The topological polar surface area (TPSA) is 46.9 Å². The van der Waals surface area contributed by atoms with Crippen LogP contribution in [0.2, 0.25) is 0 Å². The second-order valence-electron chi connectivity index (χ2n) is 8.07. The van der Waals surface area contributed by atoms with Gasteiger partial charge in [-0.2, -0.15) is 0 Å². The number of nitrogens with zero attached hydrogens (tertiary/aromatic N) is 2. The Morgan fingerprint density at radius 3 is 2.58 bits per heavy atom. The van der Waals surface area contributed by atoms with E-state index >= 15 is 0 Å². The summed E-state index contributed by atoms with van der Waals surface area (Å²) >= 11 is 0. The van der Waals surface area contributed by atoms with E-state index < -0.39 is 0 Å². The largest absolute Gasteiger partial charge is 0.329 e. The summed E-state index contributed by atoms with van der Waals surface area (Å²) in [4.78, 5) is 18.0. The van der Waals surface area contributed by atoms with Gasteiger partial charge in [0.05, 0.1) is 17.1 Å². The number of carbonyl (C=O) groups excluding carboxylic acids is 1. The Bertz CT molecular complexity index is 1060. The molecule has 0 bridgehead atoms. The zero-order chi connectivity index (χ0) is 17.9. The third kappa shape index (κ3) is 2.22. The molecule has 3 aromatic rings. The lowest BCUT2D eigenvalue weighted by atomic mass is 9.73. The highest BCUT2D eigenvalue weighted by molar-refractivity contribution is 6.00. The summed E-state index contributed by atoms with van der Waals surface area (Å²) in [6.45, 7) is 4.32. The van der Waals surface area contributed by atoms with Crippen molar-refractivity contribution in [3.8, 4) is 0 Å². The minimum absolute atomic E-state index is 0.0294. The molecule has 1 aliphatic carbocycles. The Labute approximate surface area is 152 Å². The third-order valence-corrected chi connectivity index (χ3v) is 5.43. The maximum absolute atomic E-state index is 13.2. The fraction of sp³-hybridized carbons (Fsp3) is 0.273. The average Bonchev–Trinajstić information content (AvgIpc) is 2.97. The molecular weight excluding hydrogens is 322 g/mol. The zero-order valence-corrected chi connectivity index (χ0v) is 15.0. The molecule has 4 nitrogen and oxygen atoms in total. The van der Waals surface area contributed by atoms with Gasteiger partial charge in [-0.15, -0.1) is 0 Å². The van der Waals surface area contributed by atoms with Gasteiger partial charge < -0.3 is 5.32 Å². The summed E-state index contributed by atoms with van der Waals surface area (Å²) in [5.74, 6) is 1.06. The number of hydrogen-bond donors (Lipinski definition) is 1. The number of allylic oxidation sites excluding steroid dienone is 2. The van der Waals surface area contributed by atoms with Gasteiger partial charge in [0, 0.05) is 17.7 Å². The van der Waals surface area contributed by atoms with Crippen molar-refractivity contribution in [2.24, 2.45) is 5.41 Å². The number of imidazole rings is 1. The molecule has 0 radical (unpaired) electrons. The van der Waals surface area contributed by atoms with Crippen LogP contribution in [0.4, 0.5) is 5.95 Å². The number of Topliss-reactive ketones (excluding diaryl/α,β-unsaturated/α-hetero) is 1. The van der Waals surface area contributed by atoms with Crippen molar-refractivity contribution in [3.63, 3.8) is 0 Å². The van der Waals surface area contributed by atoms with Gasteiger partial charge >= 0.3 is 0 Å². The van der Waals surface area contributed by atoms with Crippen LogP contribution in [0.25, 0.3) is 11.0 Å². The second-order valence-corrected chi connectivity index (χ2v) is 8.07. The highest BCUT2D eigenvalue weighted by Crippen LogP contribution is 2.46. The van der Waals surface area contributed by atoms with Crippen molar-refractivity contribution in [3.05, 3.63) is 71.4 Å². The van der Waals surface area contributed by atoms with Crippen molar-refractivity contribution < 1.29 is 4.79 Å². The standard InChI is InChI=1S/C22H21N3O/c1-22(2)12-16-19(18(26)13-22)20(14-8-4-3-5-9-14)25-17-11-7-6-10-15(17)23-21(25)24-16/h3-11,20H,12-13H2,1-2H3,(H,23,24)/t20-/m1/s1. The molecule has 5 rings (SSSR count). The van der Waals surface area contributed by atoms with Crippen LogP contribution in [-0.4, -0.2) is 15.3 Å². The molecule has 1 aromatic heterocycles. The molecule has 2 aliphatic rings. The molecule has 1 N–H and O–H groups in total. The summed E-state index contributed by atoms with van der Waals surface area (Å²) in [7, 11) is 0. The number of nitrogens with one attached hydrogen (secondary N) is 1. The third-order valence-electron chi connectivity index (χ3n) is 5.43. The molecule has 0 unspecified atom stereocenters.